The monoisotopic (exact) mass is 930 g/mol. The molecule has 4 atom stereocenters. The van der Waals surface area contributed by atoms with E-state index in [2.05, 4.69) is 9.97 Å². The van der Waals surface area contributed by atoms with Crippen LogP contribution >= 0.6 is 15.2 Å². The quantitative estimate of drug-likeness (QED) is 0.111. The van der Waals surface area contributed by atoms with Crippen molar-refractivity contribution in [3.8, 4) is 0 Å². The summed E-state index contributed by atoms with van der Waals surface area (Å²) >= 11 is 0. The molecule has 2 aliphatic rings. The minimum atomic E-state index is -3.98. The van der Waals surface area contributed by atoms with Gasteiger partial charge in [0.25, 0.3) is 10.1 Å². The molecular weight excluding hydrogens is 876 g/mol. The molecule has 0 bridgehead atoms. The minimum absolute atomic E-state index is 0.00245. The number of aliphatic hydroxyl groups excluding tert-OH is 1. The van der Waals surface area contributed by atoms with E-state index in [-0.39, 0.29) is 63.1 Å². The van der Waals surface area contributed by atoms with Crippen molar-refractivity contribution < 1.29 is 67.9 Å². The lowest BCUT2D eigenvalue weighted by molar-refractivity contribution is -0.0387. The lowest BCUT2D eigenvalue weighted by Crippen LogP contribution is -2.29. The van der Waals surface area contributed by atoms with Gasteiger partial charge in [0, 0.05) is 0 Å². The largest absolute Gasteiger partial charge is 0.394 e. The fourth-order valence-electron chi connectivity index (χ4n) is 5.58. The molecule has 0 spiro atoms. The summed E-state index contributed by atoms with van der Waals surface area (Å²) in [5, 5.41) is 8.88. The molecule has 0 aliphatic carbocycles. The molecule has 21 nitrogen and oxygen atoms in total. The Morgan fingerprint density at radius 3 is 1.61 bits per heavy atom. The molecule has 2 aromatic heterocycles. The molecule has 3 aromatic rings. The van der Waals surface area contributed by atoms with E-state index in [0.29, 0.717) is 25.7 Å². The Labute approximate surface area is 351 Å². The normalized spacial score (nSPS) is 19.2. The van der Waals surface area contributed by atoms with Gasteiger partial charge in [0.15, 0.2) is 29.6 Å². The molecular formula is C35H54F2N6O15P2S. The zero-order valence-corrected chi connectivity index (χ0v) is 37.0. The molecule has 4 heterocycles. The number of hydrogen-bond donors (Lipinski definition) is 3. The fourth-order valence-corrected chi connectivity index (χ4v) is 9.61. The van der Waals surface area contributed by atoms with Crippen LogP contribution in [0, 0.1) is 18.6 Å². The summed E-state index contributed by atoms with van der Waals surface area (Å²) in [5.74, 6) is -2.40. The molecule has 344 valence electrons. The van der Waals surface area contributed by atoms with Crippen molar-refractivity contribution in [1.29, 1.82) is 0 Å². The number of benzene rings is 1. The number of aromatic nitrogens is 4. The van der Waals surface area contributed by atoms with Gasteiger partial charge in [-0.15, -0.1) is 0 Å². The Morgan fingerprint density at radius 2 is 1.18 bits per heavy atom. The van der Waals surface area contributed by atoms with Crippen molar-refractivity contribution in [1.82, 2.24) is 19.1 Å². The van der Waals surface area contributed by atoms with E-state index in [0.717, 1.165) is 27.1 Å². The maximum absolute atomic E-state index is 13.5. The third kappa shape index (κ3) is 16.0. The summed E-state index contributed by atoms with van der Waals surface area (Å²) in [6, 6.07) is 6.16. The zero-order chi connectivity index (χ0) is 45.4. The number of anilines is 2. The lowest BCUT2D eigenvalue weighted by Gasteiger charge is -2.19. The Bertz CT molecular complexity index is 2170. The summed E-state index contributed by atoms with van der Waals surface area (Å²) in [5.41, 5.74) is 10.0. The third-order valence-electron chi connectivity index (χ3n) is 8.39. The average Bonchev–Trinajstić information content (AvgIpc) is 3.88. The van der Waals surface area contributed by atoms with Gasteiger partial charge in [0.1, 0.15) is 18.8 Å². The Morgan fingerprint density at radius 1 is 0.754 bits per heavy atom. The number of aryl methyl sites for hydroxylation is 1. The lowest BCUT2D eigenvalue weighted by atomic mass is 10.2. The summed E-state index contributed by atoms with van der Waals surface area (Å²) in [6.07, 6.45) is 1.54. The van der Waals surface area contributed by atoms with E-state index in [1.54, 1.807) is 39.8 Å². The molecule has 5 N–H and O–H groups in total. The number of nitrogens with zero attached hydrogens (tertiary/aromatic N) is 4. The van der Waals surface area contributed by atoms with E-state index in [4.69, 9.17) is 53.1 Å². The van der Waals surface area contributed by atoms with Crippen LogP contribution in [0.15, 0.2) is 51.1 Å². The van der Waals surface area contributed by atoms with E-state index >= 15 is 0 Å². The maximum atomic E-state index is 13.5. The van der Waals surface area contributed by atoms with Crippen LogP contribution in [0.2, 0.25) is 0 Å². The van der Waals surface area contributed by atoms with E-state index in [1.165, 1.54) is 12.1 Å². The number of nitrogen functional groups attached to an aromatic ring is 2. The summed E-state index contributed by atoms with van der Waals surface area (Å²) in [6.45, 7) is 9.38. The van der Waals surface area contributed by atoms with Crippen molar-refractivity contribution in [2.75, 3.05) is 63.8 Å². The molecule has 61 heavy (non-hydrogen) atoms. The first-order valence-electron chi connectivity index (χ1n) is 19.1. The van der Waals surface area contributed by atoms with E-state index < -0.39 is 78.8 Å². The van der Waals surface area contributed by atoms with Crippen LogP contribution in [0.4, 0.5) is 20.4 Å². The summed E-state index contributed by atoms with van der Waals surface area (Å²) in [4.78, 5) is 30.0. The van der Waals surface area contributed by atoms with Crippen LogP contribution in [0.1, 0.15) is 71.4 Å². The molecule has 26 heteroatoms. The Kier molecular flexibility index (Phi) is 20.7. The number of ether oxygens (including phenoxy) is 3. The average molecular weight is 931 g/mol. The van der Waals surface area contributed by atoms with E-state index in [1.807, 2.05) is 6.92 Å². The molecule has 1 aromatic carbocycles. The molecule has 2 fully saturated rings. The molecule has 0 unspecified atom stereocenters. The molecule has 0 saturated carbocycles. The SMILES string of the molecule is CCOP(=O)(COC[C@H]1CC[C@@H](n2cc(F)c(N)nc2=O)O1)OCC.CCOP(=O)(COS(=O)(=O)c1ccc(C)cc1)OCC.Nc1nc(=O)n([C@@H]2CC[C@H](CO)O2)cc1F. The molecule has 0 amide bonds. The molecule has 2 saturated heterocycles. The van der Waals surface area contributed by atoms with Gasteiger partial charge in [-0.3, -0.25) is 22.4 Å². The van der Waals surface area contributed by atoms with Gasteiger partial charge in [0.2, 0.25) is 0 Å². The highest BCUT2D eigenvalue weighted by Gasteiger charge is 2.31. The van der Waals surface area contributed by atoms with Gasteiger partial charge < -0.3 is 48.9 Å². The number of aliphatic hydroxyl groups is 1. The second-order valence-electron chi connectivity index (χ2n) is 13.0. The van der Waals surface area contributed by atoms with Gasteiger partial charge in [-0.2, -0.15) is 18.4 Å². The number of rotatable bonds is 19. The van der Waals surface area contributed by atoms with Crippen LogP contribution in [-0.2, 0) is 55.7 Å². The van der Waals surface area contributed by atoms with Crippen molar-refractivity contribution in [2.45, 2.75) is 89.9 Å². The van der Waals surface area contributed by atoms with Gasteiger partial charge in [0.05, 0.1) is 69.1 Å². The van der Waals surface area contributed by atoms with Crippen molar-refractivity contribution in [3.63, 3.8) is 0 Å². The smallest absolute Gasteiger partial charge is 0.357 e. The standard InChI is InChI=1S/C14H23FN3O6P.C12H19O6PS.C9H12FN3O3/c1-3-22-25(20,23-4-2)9-21-8-10-5-6-12(24-10)18-7-11(15)13(16)17-14(18)19;1-4-16-19(13,17-5-2)10-18-20(14,15)12-8-6-11(3)7-9-12;10-6-3-13(9(15)12-8(6)11)7-2-1-5(4-14)16-7/h7,10,12H,3-6,8-9H2,1-2H3,(H2,16,17,19);6-9H,4-5,10H2,1-3H3;3,5,7,14H,1-2,4H2,(H2,11,12,15)/t10-,12+;;5-,7+/m1.1/s1. The predicted octanol–water partition coefficient (Wildman–Crippen LogP) is 4.44. The maximum Gasteiger partial charge on any atom is 0.357 e. The third-order valence-corrected chi connectivity index (χ3v) is 13.4. The Balaban J connectivity index is 0.000000250. The minimum Gasteiger partial charge on any atom is -0.394 e. The van der Waals surface area contributed by atoms with Crippen molar-refractivity contribution >= 4 is 36.9 Å². The molecule has 0 radical (unpaired) electrons. The van der Waals surface area contributed by atoms with Crippen LogP contribution in [0.5, 0.6) is 0 Å². The van der Waals surface area contributed by atoms with E-state index in [9.17, 15) is 35.9 Å². The Hall–Kier alpha value is -3.51. The summed E-state index contributed by atoms with van der Waals surface area (Å²) < 4.78 is 118. The van der Waals surface area contributed by atoms with Crippen molar-refractivity contribution in [2.24, 2.45) is 0 Å². The van der Waals surface area contributed by atoms with Gasteiger partial charge in [-0.05, 0) is 72.4 Å². The van der Waals surface area contributed by atoms with Crippen LogP contribution < -0.4 is 22.8 Å². The number of nitrogens with two attached hydrogens (primary N) is 2. The second kappa shape index (κ2) is 24.4. The predicted molar refractivity (Wildman–Crippen MR) is 216 cm³/mol. The highest BCUT2D eigenvalue weighted by Crippen LogP contribution is 2.49. The first-order chi connectivity index (χ1) is 28.8. The molecule has 5 rings (SSSR count). The zero-order valence-electron chi connectivity index (χ0n) is 34.4. The highest BCUT2D eigenvalue weighted by molar-refractivity contribution is 7.87. The van der Waals surface area contributed by atoms with Gasteiger partial charge >= 0.3 is 26.6 Å². The molecule has 2 aliphatic heterocycles. The van der Waals surface area contributed by atoms with Crippen molar-refractivity contribution in [3.05, 3.63) is 74.8 Å². The highest BCUT2D eigenvalue weighted by atomic mass is 32.2. The first-order valence-corrected chi connectivity index (χ1v) is 24.0. The second-order valence-corrected chi connectivity index (χ2v) is 18.6. The van der Waals surface area contributed by atoms with Gasteiger partial charge in [-0.1, -0.05) is 17.7 Å². The van der Waals surface area contributed by atoms with Crippen LogP contribution in [0.3, 0.4) is 0 Å². The number of hydrogen-bond acceptors (Lipinski definition) is 19. The number of halogens is 2. The first kappa shape index (κ1) is 51.8. The van der Waals surface area contributed by atoms with Crippen LogP contribution in [0.25, 0.3) is 0 Å². The topological polar surface area (TPSA) is 284 Å². The summed E-state index contributed by atoms with van der Waals surface area (Å²) in [7, 11) is -10.8. The fraction of sp³-hybridized carbons (Fsp3) is 0.600. The van der Waals surface area contributed by atoms with Gasteiger partial charge in [-0.25, -0.2) is 18.4 Å². The van der Waals surface area contributed by atoms with Crippen LogP contribution in [-0.4, -0.2) is 97.2 Å².